The van der Waals surface area contributed by atoms with Gasteiger partial charge in [0.25, 0.3) is 0 Å². The Morgan fingerprint density at radius 3 is 1.43 bits per heavy atom. The second-order valence-corrected chi connectivity index (χ2v) is 22.1. The van der Waals surface area contributed by atoms with Crippen LogP contribution in [-0.4, -0.2) is 31.8 Å². The van der Waals surface area contributed by atoms with Gasteiger partial charge in [-0.15, -0.1) is 0 Å². The van der Waals surface area contributed by atoms with E-state index in [0.29, 0.717) is 13.7 Å². The molecule has 0 aliphatic heterocycles. The van der Waals surface area contributed by atoms with Crippen LogP contribution in [-0.2, 0) is 15.7 Å². The standard InChI is InChI=1S/C18H33P.C16H19OP.C7H6.ClH.Ru/c1-4-10-16(11-5-1)19(17-12-6-2-7-13-17)18-14-8-3-9-15-18;1-16(2,3)18(13-9-5-4-6-10-13)15-12-8-7-11-14(15)17;1-7-5-3-2-4-6-7;;/h16-18H,1-15H2;4-12,17H,1-3H3;1-6H;1H;/q;;;;+1/p-1. The summed E-state index contributed by atoms with van der Waals surface area (Å²) in [5, 5.41) is 12.6. The fourth-order valence-electron chi connectivity index (χ4n) is 7.72. The van der Waals surface area contributed by atoms with Crippen molar-refractivity contribution in [3.63, 3.8) is 0 Å². The fourth-order valence-corrected chi connectivity index (χ4v) is 16.3. The van der Waals surface area contributed by atoms with Crippen molar-refractivity contribution in [2.24, 2.45) is 0 Å². The van der Waals surface area contributed by atoms with Gasteiger partial charge in [-0.05, 0) is 80.0 Å². The molecule has 0 amide bonds. The zero-order valence-electron chi connectivity index (χ0n) is 28.6. The molecule has 6 rings (SSSR count). The van der Waals surface area contributed by atoms with Gasteiger partial charge in [0.1, 0.15) is 5.75 Å². The first-order valence-corrected chi connectivity index (χ1v) is 24.0. The zero-order chi connectivity index (χ0) is 32.6. The summed E-state index contributed by atoms with van der Waals surface area (Å²) in [6.07, 6.45) is 23.6. The molecule has 0 saturated heterocycles. The van der Waals surface area contributed by atoms with Crippen LogP contribution >= 0.6 is 25.5 Å². The minimum atomic E-state index is -0.563. The summed E-state index contributed by atoms with van der Waals surface area (Å²) in [5.74, 6) is 0.405. The number of phenolic OH excluding ortho intramolecular Hbond substituents is 1. The monoisotopic (exact) mass is 765 g/mol. The summed E-state index contributed by atoms with van der Waals surface area (Å²) >= 11 is -0.0765. The molecule has 3 aromatic carbocycles. The van der Waals surface area contributed by atoms with Crippen molar-refractivity contribution in [1.29, 1.82) is 0 Å². The number of hydrogen-bond acceptors (Lipinski definition) is 1. The molecule has 3 fully saturated rings. The van der Waals surface area contributed by atoms with Gasteiger partial charge in [0.2, 0.25) is 0 Å². The van der Waals surface area contributed by atoms with Crippen LogP contribution in [0.5, 0.6) is 5.75 Å². The molecular formula is C41H58ClOP2Ru. The SMILES string of the molecule is C1CCC(P(C2CCCCC2)C2CCCCC2)CC1.CC(C)(C)P(c1ccccc1)c1ccccc1O.[Cl][Ru]=[CH]c1ccccc1. The molecule has 0 aromatic heterocycles. The Bertz CT molecular complexity index is 1220. The van der Waals surface area contributed by atoms with Crippen LogP contribution in [0.3, 0.4) is 0 Å². The van der Waals surface area contributed by atoms with E-state index in [1.807, 2.05) is 42.5 Å². The predicted molar refractivity (Wildman–Crippen MR) is 205 cm³/mol. The Kier molecular flexibility index (Phi) is 17.0. The van der Waals surface area contributed by atoms with Crippen molar-refractivity contribution in [3.8, 4) is 5.75 Å². The molecule has 0 bridgehead atoms. The summed E-state index contributed by atoms with van der Waals surface area (Å²) in [5.41, 5.74) is 4.80. The number of phenols is 1. The van der Waals surface area contributed by atoms with E-state index in [1.165, 1.54) is 47.1 Å². The number of halogens is 1. The molecule has 46 heavy (non-hydrogen) atoms. The van der Waals surface area contributed by atoms with E-state index in [0.717, 1.165) is 5.30 Å². The number of benzene rings is 3. The number of rotatable bonds is 6. The van der Waals surface area contributed by atoms with Crippen LogP contribution in [0.1, 0.15) is 123 Å². The van der Waals surface area contributed by atoms with Crippen LogP contribution in [0.25, 0.3) is 0 Å². The van der Waals surface area contributed by atoms with E-state index in [2.05, 4.69) is 61.8 Å². The van der Waals surface area contributed by atoms with E-state index in [1.54, 1.807) is 83.1 Å². The van der Waals surface area contributed by atoms with Crippen molar-refractivity contribution in [2.45, 2.75) is 139 Å². The first-order chi connectivity index (χ1) is 22.4. The molecule has 0 radical (unpaired) electrons. The van der Waals surface area contributed by atoms with Crippen LogP contribution in [0.4, 0.5) is 0 Å². The summed E-state index contributed by atoms with van der Waals surface area (Å²) in [6.45, 7) is 6.70. The average Bonchev–Trinajstić information content (AvgIpc) is 3.09. The van der Waals surface area contributed by atoms with Crippen molar-refractivity contribution >= 4 is 40.8 Å². The van der Waals surface area contributed by atoms with Gasteiger partial charge in [-0.3, -0.25) is 0 Å². The number of hydrogen-bond donors (Lipinski definition) is 1. The maximum absolute atomic E-state index is 10.1. The van der Waals surface area contributed by atoms with Gasteiger partial charge < -0.3 is 5.11 Å². The van der Waals surface area contributed by atoms with E-state index in [4.69, 9.17) is 9.69 Å². The molecule has 0 heterocycles. The molecule has 1 nitrogen and oxygen atoms in total. The Morgan fingerprint density at radius 1 is 0.609 bits per heavy atom. The van der Waals surface area contributed by atoms with Gasteiger partial charge in [-0.1, -0.05) is 135 Å². The molecule has 3 aromatic rings. The van der Waals surface area contributed by atoms with Gasteiger partial charge in [0.15, 0.2) is 0 Å². The van der Waals surface area contributed by atoms with Crippen molar-refractivity contribution in [3.05, 3.63) is 90.5 Å². The normalized spacial score (nSPS) is 19.3. The molecule has 1 atom stereocenters. The Hall–Kier alpha value is -0.897. The van der Waals surface area contributed by atoms with E-state index in [-0.39, 0.29) is 20.8 Å². The van der Waals surface area contributed by atoms with Crippen molar-refractivity contribution < 1.29 is 20.8 Å². The quantitative estimate of drug-likeness (QED) is 0.196. The average molecular weight is 765 g/mol. The van der Waals surface area contributed by atoms with Crippen LogP contribution < -0.4 is 10.6 Å². The summed E-state index contributed by atoms with van der Waals surface area (Å²) in [7, 11) is 5.39. The molecule has 3 saturated carbocycles. The van der Waals surface area contributed by atoms with Crippen LogP contribution in [0, 0.1) is 0 Å². The molecule has 253 valence electrons. The Balaban J connectivity index is 0.000000167. The Labute approximate surface area is 295 Å². The predicted octanol–water partition coefficient (Wildman–Crippen LogP) is 12.2. The molecular weight excluding hydrogens is 707 g/mol. The first kappa shape index (κ1) is 37.9. The topological polar surface area (TPSA) is 20.2 Å². The van der Waals surface area contributed by atoms with Gasteiger partial charge in [0, 0.05) is 5.30 Å². The van der Waals surface area contributed by atoms with Gasteiger partial charge in [0.05, 0.1) is 0 Å². The third kappa shape index (κ3) is 12.2. The van der Waals surface area contributed by atoms with E-state index >= 15 is 0 Å². The van der Waals surface area contributed by atoms with Crippen LogP contribution in [0.2, 0.25) is 0 Å². The molecule has 3 aliphatic rings. The second kappa shape index (κ2) is 20.6. The van der Waals surface area contributed by atoms with E-state index in [9.17, 15) is 5.11 Å². The van der Waals surface area contributed by atoms with E-state index < -0.39 is 7.92 Å². The zero-order valence-corrected chi connectivity index (χ0v) is 32.9. The maximum atomic E-state index is 10.1. The van der Waals surface area contributed by atoms with Crippen molar-refractivity contribution in [2.75, 3.05) is 0 Å². The molecule has 5 heteroatoms. The minimum absolute atomic E-state index is 0.0765. The van der Waals surface area contributed by atoms with Crippen molar-refractivity contribution in [1.82, 2.24) is 0 Å². The third-order valence-corrected chi connectivity index (χ3v) is 18.1. The van der Waals surface area contributed by atoms with Crippen LogP contribution in [0.15, 0.2) is 84.9 Å². The summed E-state index contributed by atoms with van der Waals surface area (Å²) < 4.78 is 2.06. The fraction of sp³-hybridized carbons (Fsp3) is 0.537. The molecule has 1 unspecified atom stereocenters. The first-order valence-electron chi connectivity index (χ1n) is 17.9. The van der Waals surface area contributed by atoms with Gasteiger partial charge in [-0.2, -0.15) is 0 Å². The molecule has 0 spiro atoms. The number of aromatic hydroxyl groups is 1. The second-order valence-electron chi connectivity index (χ2n) is 14.2. The van der Waals surface area contributed by atoms with Gasteiger partial charge in [-0.25, -0.2) is 0 Å². The summed E-state index contributed by atoms with van der Waals surface area (Å²) in [6, 6.07) is 28.3. The summed E-state index contributed by atoms with van der Waals surface area (Å²) in [4.78, 5) is 0. The number of para-hydroxylation sites is 1. The van der Waals surface area contributed by atoms with Gasteiger partial charge >= 0.3 is 65.9 Å². The third-order valence-electron chi connectivity index (χ3n) is 9.75. The molecule has 1 N–H and O–H groups in total. The molecule has 3 aliphatic carbocycles. The Morgan fingerprint density at radius 2 is 1.02 bits per heavy atom.